The minimum atomic E-state index is 0.462. The molecule has 0 aliphatic rings. The third-order valence-corrected chi connectivity index (χ3v) is 3.73. The molecule has 1 N–H and O–H groups in total. The third-order valence-electron chi connectivity index (χ3n) is 2.86. The van der Waals surface area contributed by atoms with Crippen LogP contribution in [0, 0.1) is 0 Å². The molecule has 0 saturated heterocycles. The van der Waals surface area contributed by atoms with Crippen LogP contribution in [0.1, 0.15) is 40.0 Å². The van der Waals surface area contributed by atoms with Crippen molar-refractivity contribution >= 4 is 28.6 Å². The lowest BCUT2D eigenvalue weighted by molar-refractivity contribution is 0.741. The quantitative estimate of drug-likeness (QED) is 0.472. The number of thioether (sulfide) groups is 1. The molecule has 2 heterocycles. The van der Waals surface area contributed by atoms with Gasteiger partial charge in [0, 0.05) is 18.0 Å². The van der Waals surface area contributed by atoms with Gasteiger partial charge in [-0.25, -0.2) is 15.0 Å². The van der Waals surface area contributed by atoms with Crippen molar-refractivity contribution in [2.75, 3.05) is 11.9 Å². The van der Waals surface area contributed by atoms with Gasteiger partial charge in [-0.3, -0.25) is 0 Å². The highest BCUT2D eigenvalue weighted by Gasteiger charge is 2.09. The van der Waals surface area contributed by atoms with Crippen molar-refractivity contribution in [1.82, 2.24) is 15.0 Å². The highest BCUT2D eigenvalue weighted by molar-refractivity contribution is 7.99. The number of rotatable bonds is 7. The molecule has 108 valence electrons. The van der Waals surface area contributed by atoms with Gasteiger partial charge in [0.15, 0.2) is 10.8 Å². The number of pyridine rings is 1. The zero-order chi connectivity index (χ0) is 14.4. The van der Waals surface area contributed by atoms with Gasteiger partial charge in [0.05, 0.1) is 5.39 Å². The molecule has 0 saturated carbocycles. The summed E-state index contributed by atoms with van der Waals surface area (Å²) in [6, 6.07) is 3.95. The second-order valence-electron chi connectivity index (χ2n) is 5.03. The van der Waals surface area contributed by atoms with Crippen LogP contribution >= 0.6 is 11.8 Å². The lowest BCUT2D eigenvalue weighted by atomic mass is 10.2. The monoisotopic (exact) mass is 290 g/mol. The number of nitrogens with one attached hydrogen (secondary N) is 1. The SMILES string of the molecule is CCCCCNc1nc(SC(C)C)nc2ncccc12. The molecular formula is C15H22N4S. The molecule has 0 aromatic carbocycles. The van der Waals surface area contributed by atoms with E-state index in [0.29, 0.717) is 5.25 Å². The van der Waals surface area contributed by atoms with Crippen LogP contribution in [0.4, 0.5) is 5.82 Å². The summed E-state index contributed by atoms with van der Waals surface area (Å²) in [6.45, 7) is 7.44. The van der Waals surface area contributed by atoms with E-state index in [0.717, 1.165) is 35.0 Å². The number of nitrogens with zero attached hydrogens (tertiary/aromatic N) is 3. The van der Waals surface area contributed by atoms with E-state index in [1.165, 1.54) is 12.8 Å². The van der Waals surface area contributed by atoms with E-state index >= 15 is 0 Å². The molecule has 4 nitrogen and oxygen atoms in total. The van der Waals surface area contributed by atoms with Crippen molar-refractivity contribution in [3.8, 4) is 0 Å². The Labute approximate surface area is 124 Å². The number of aromatic nitrogens is 3. The Morgan fingerprint density at radius 2 is 2.10 bits per heavy atom. The second-order valence-corrected chi connectivity index (χ2v) is 6.57. The minimum Gasteiger partial charge on any atom is -0.369 e. The summed E-state index contributed by atoms with van der Waals surface area (Å²) in [7, 11) is 0. The Kier molecular flexibility index (Phi) is 5.59. The van der Waals surface area contributed by atoms with E-state index in [-0.39, 0.29) is 0 Å². The predicted octanol–water partition coefficient (Wildman–Crippen LogP) is 4.13. The molecule has 0 atom stereocenters. The van der Waals surface area contributed by atoms with E-state index in [9.17, 15) is 0 Å². The van der Waals surface area contributed by atoms with Crippen molar-refractivity contribution in [3.05, 3.63) is 18.3 Å². The Morgan fingerprint density at radius 1 is 1.25 bits per heavy atom. The van der Waals surface area contributed by atoms with Gasteiger partial charge in [-0.1, -0.05) is 45.4 Å². The van der Waals surface area contributed by atoms with Crippen LogP contribution in [0.15, 0.2) is 23.5 Å². The summed E-state index contributed by atoms with van der Waals surface area (Å²) in [5.74, 6) is 0.905. The van der Waals surface area contributed by atoms with Crippen molar-refractivity contribution in [2.24, 2.45) is 0 Å². The maximum Gasteiger partial charge on any atom is 0.191 e. The number of hydrogen-bond acceptors (Lipinski definition) is 5. The first-order chi connectivity index (χ1) is 9.70. The molecule has 0 amide bonds. The first-order valence-electron chi connectivity index (χ1n) is 7.24. The van der Waals surface area contributed by atoms with Gasteiger partial charge in [-0.2, -0.15) is 0 Å². The van der Waals surface area contributed by atoms with Crippen molar-refractivity contribution in [3.63, 3.8) is 0 Å². The Balaban J connectivity index is 2.24. The highest BCUT2D eigenvalue weighted by atomic mass is 32.2. The number of fused-ring (bicyclic) bond motifs is 1. The fourth-order valence-electron chi connectivity index (χ4n) is 1.92. The fraction of sp³-hybridized carbons (Fsp3) is 0.533. The van der Waals surface area contributed by atoms with Crippen LogP contribution < -0.4 is 5.32 Å². The largest absolute Gasteiger partial charge is 0.369 e. The molecule has 0 unspecified atom stereocenters. The van der Waals surface area contributed by atoms with E-state index in [2.05, 4.69) is 41.0 Å². The third kappa shape index (κ3) is 4.07. The van der Waals surface area contributed by atoms with Crippen molar-refractivity contribution < 1.29 is 0 Å². The average Bonchev–Trinajstić information content (AvgIpc) is 2.42. The van der Waals surface area contributed by atoms with Crippen molar-refractivity contribution in [1.29, 1.82) is 0 Å². The van der Waals surface area contributed by atoms with Gasteiger partial charge in [0.1, 0.15) is 5.82 Å². The van der Waals surface area contributed by atoms with Crippen LogP contribution in [0.25, 0.3) is 11.0 Å². The molecule has 0 radical (unpaired) electrons. The molecule has 0 bridgehead atoms. The van der Waals surface area contributed by atoms with Crippen LogP contribution in [0.3, 0.4) is 0 Å². The summed E-state index contributed by atoms with van der Waals surface area (Å²) < 4.78 is 0. The molecule has 20 heavy (non-hydrogen) atoms. The van der Waals surface area contributed by atoms with Gasteiger partial charge >= 0.3 is 0 Å². The Hall–Kier alpha value is -1.36. The molecular weight excluding hydrogens is 268 g/mol. The molecule has 0 aliphatic carbocycles. The smallest absolute Gasteiger partial charge is 0.191 e. The van der Waals surface area contributed by atoms with Crippen LogP contribution in [0.5, 0.6) is 0 Å². The minimum absolute atomic E-state index is 0.462. The number of hydrogen-bond donors (Lipinski definition) is 1. The summed E-state index contributed by atoms with van der Waals surface area (Å²) in [5, 5.41) is 5.69. The second kappa shape index (κ2) is 7.43. The Bertz CT molecular complexity index is 557. The lowest BCUT2D eigenvalue weighted by Gasteiger charge is -2.10. The number of anilines is 1. The number of unbranched alkanes of at least 4 members (excludes halogenated alkanes) is 2. The normalized spacial score (nSPS) is 11.2. The molecule has 5 heteroatoms. The van der Waals surface area contributed by atoms with E-state index in [4.69, 9.17) is 0 Å². The topological polar surface area (TPSA) is 50.7 Å². The van der Waals surface area contributed by atoms with Crippen LogP contribution in [-0.2, 0) is 0 Å². The van der Waals surface area contributed by atoms with Gasteiger partial charge in [-0.15, -0.1) is 0 Å². The van der Waals surface area contributed by atoms with Gasteiger partial charge in [0.2, 0.25) is 0 Å². The molecule has 0 fully saturated rings. The Morgan fingerprint density at radius 3 is 2.85 bits per heavy atom. The lowest BCUT2D eigenvalue weighted by Crippen LogP contribution is -2.06. The summed E-state index contributed by atoms with van der Waals surface area (Å²) in [5.41, 5.74) is 0.767. The standard InChI is InChI=1S/C15H22N4S/c1-4-5-6-9-16-13-12-8-7-10-17-14(12)19-15(18-13)20-11(2)3/h7-8,10-11H,4-6,9H2,1-3H3,(H,16,17,18,19). The molecule has 0 aliphatic heterocycles. The maximum absolute atomic E-state index is 4.64. The first kappa shape index (κ1) is 15.0. The van der Waals surface area contributed by atoms with Gasteiger partial charge < -0.3 is 5.32 Å². The predicted molar refractivity (Wildman–Crippen MR) is 86.3 cm³/mol. The van der Waals surface area contributed by atoms with Gasteiger partial charge in [0.25, 0.3) is 0 Å². The zero-order valence-electron chi connectivity index (χ0n) is 12.4. The van der Waals surface area contributed by atoms with Crippen LogP contribution in [-0.4, -0.2) is 26.7 Å². The van der Waals surface area contributed by atoms with E-state index in [1.54, 1.807) is 18.0 Å². The van der Waals surface area contributed by atoms with Crippen molar-refractivity contribution in [2.45, 2.75) is 50.4 Å². The summed E-state index contributed by atoms with van der Waals surface area (Å²) >= 11 is 1.67. The van der Waals surface area contributed by atoms with Gasteiger partial charge in [-0.05, 0) is 18.6 Å². The fourth-order valence-corrected chi connectivity index (χ4v) is 2.63. The highest BCUT2D eigenvalue weighted by Crippen LogP contribution is 2.25. The van der Waals surface area contributed by atoms with Crippen LogP contribution in [0.2, 0.25) is 0 Å². The molecule has 2 aromatic rings. The first-order valence-corrected chi connectivity index (χ1v) is 8.12. The molecule has 2 aromatic heterocycles. The maximum atomic E-state index is 4.64. The molecule has 2 rings (SSSR count). The summed E-state index contributed by atoms with van der Waals surface area (Å²) in [6.07, 6.45) is 5.40. The molecule has 0 spiro atoms. The summed E-state index contributed by atoms with van der Waals surface area (Å²) in [4.78, 5) is 13.5. The van der Waals surface area contributed by atoms with E-state index in [1.807, 2.05) is 12.1 Å². The average molecular weight is 290 g/mol. The van der Waals surface area contributed by atoms with E-state index < -0.39 is 0 Å². The zero-order valence-corrected chi connectivity index (χ0v) is 13.2.